The Morgan fingerprint density at radius 1 is 1.11 bits per heavy atom. The third-order valence-corrected chi connectivity index (χ3v) is 9.17. The summed E-state index contributed by atoms with van der Waals surface area (Å²) >= 11 is 7.86. The molecule has 0 spiro atoms. The van der Waals surface area contributed by atoms with E-state index in [4.69, 9.17) is 26.1 Å². The van der Waals surface area contributed by atoms with Crippen LogP contribution in [0.4, 0.5) is 14.9 Å². The number of carbonyl (C=O) groups excluding carboxylic acids is 3. The molecule has 0 radical (unpaired) electrons. The minimum Gasteiger partial charge on any atom is -0.469 e. The molecule has 0 aliphatic carbocycles. The molecule has 1 aromatic heterocycles. The molecular weight excluding hydrogens is 623 g/mol. The summed E-state index contributed by atoms with van der Waals surface area (Å²) in [6, 6.07) is 10.3. The number of urea groups is 1. The van der Waals surface area contributed by atoms with E-state index in [-0.39, 0.29) is 35.1 Å². The van der Waals surface area contributed by atoms with Crippen molar-refractivity contribution in [3.05, 3.63) is 92.3 Å². The number of thiazole rings is 1. The number of nitrogens with zero attached hydrogens (tertiary/aromatic N) is 5. The number of fused-ring (bicyclic) bond motifs is 1. The van der Waals surface area contributed by atoms with Crippen molar-refractivity contribution in [1.82, 2.24) is 20.1 Å². The normalized spacial score (nSPS) is 20.1. The number of rotatable bonds is 8. The summed E-state index contributed by atoms with van der Waals surface area (Å²) in [5.41, 5.74) is 2.86. The van der Waals surface area contributed by atoms with E-state index in [0.717, 1.165) is 11.3 Å². The first-order chi connectivity index (χ1) is 21.7. The van der Waals surface area contributed by atoms with Gasteiger partial charge in [0.15, 0.2) is 10.8 Å². The van der Waals surface area contributed by atoms with Crippen molar-refractivity contribution in [2.75, 3.05) is 51.8 Å². The minimum absolute atomic E-state index is 0.0742. The fraction of sp³-hybridized carbons (Fsp3) is 0.323. The molecule has 11 nitrogen and oxygen atoms in total. The number of hydrogen-bond donors (Lipinski definition) is 1. The number of ether oxygens (including phenoxy) is 2. The van der Waals surface area contributed by atoms with Crippen LogP contribution >= 0.6 is 22.9 Å². The fourth-order valence-corrected chi connectivity index (χ4v) is 6.71. The van der Waals surface area contributed by atoms with Crippen LogP contribution in [0.5, 0.6) is 0 Å². The van der Waals surface area contributed by atoms with E-state index in [9.17, 15) is 18.8 Å². The Balaban J connectivity index is 1.25. The van der Waals surface area contributed by atoms with E-state index in [1.165, 1.54) is 43.8 Å². The molecule has 0 saturated carbocycles. The molecule has 6 rings (SSSR count). The molecule has 3 aliphatic heterocycles. The molecule has 14 heteroatoms. The zero-order valence-electron chi connectivity index (χ0n) is 24.5. The second kappa shape index (κ2) is 13.0. The molecule has 3 aliphatic rings. The van der Waals surface area contributed by atoms with Gasteiger partial charge in [-0.3, -0.25) is 19.6 Å². The maximum atomic E-state index is 14.0. The van der Waals surface area contributed by atoms with E-state index < -0.39 is 17.8 Å². The second-order valence-electron chi connectivity index (χ2n) is 10.8. The van der Waals surface area contributed by atoms with E-state index in [2.05, 4.69) is 15.2 Å². The molecule has 1 unspecified atom stereocenters. The lowest BCUT2D eigenvalue weighted by Gasteiger charge is -2.38. The van der Waals surface area contributed by atoms with Gasteiger partial charge in [0.25, 0.3) is 0 Å². The number of nitrogens with one attached hydrogen (secondary N) is 1. The standard InChI is InChI=1S/C31H30ClFN6O5S/c1-43-25(40)13-18-3-6-20(7-4-18)39-16-21-15-37(10-11-38(21)31(39)42)17-24-26(30(41)44-2)27(22-8-5-19(33)14-23(22)32)36-28(35-24)29-34-9-12-45-29/h3-9,12,14,21,27H,10-11,13,15-17H2,1-2H3,(H,35,36)/t21-,27?/m0/s1. The zero-order valence-corrected chi connectivity index (χ0v) is 26.1. The first kappa shape index (κ1) is 30.7. The average Bonchev–Trinajstić information content (AvgIpc) is 3.69. The molecule has 45 heavy (non-hydrogen) atoms. The van der Waals surface area contributed by atoms with Crippen LogP contribution in [0.3, 0.4) is 0 Å². The van der Waals surface area contributed by atoms with Gasteiger partial charge in [-0.05, 0) is 29.8 Å². The van der Waals surface area contributed by atoms with Gasteiger partial charge in [-0.1, -0.05) is 29.8 Å². The van der Waals surface area contributed by atoms with Crippen LogP contribution in [0, 0.1) is 5.82 Å². The number of esters is 2. The zero-order chi connectivity index (χ0) is 31.7. The van der Waals surface area contributed by atoms with Gasteiger partial charge in [-0.25, -0.2) is 19.0 Å². The maximum absolute atomic E-state index is 14.0. The molecule has 2 aromatic carbocycles. The van der Waals surface area contributed by atoms with Crippen LogP contribution in [0.1, 0.15) is 22.2 Å². The van der Waals surface area contributed by atoms with Crippen molar-refractivity contribution in [2.45, 2.75) is 18.5 Å². The molecule has 2 atom stereocenters. The van der Waals surface area contributed by atoms with Crippen molar-refractivity contribution in [2.24, 2.45) is 4.99 Å². The van der Waals surface area contributed by atoms with Crippen LogP contribution < -0.4 is 10.2 Å². The van der Waals surface area contributed by atoms with Crippen LogP contribution in [0.25, 0.3) is 0 Å². The molecular formula is C31H30ClFN6O5S. The number of aliphatic imine (C=N–C) groups is 1. The van der Waals surface area contributed by atoms with Crippen molar-refractivity contribution in [3.63, 3.8) is 0 Å². The highest BCUT2D eigenvalue weighted by Gasteiger charge is 2.42. The van der Waals surface area contributed by atoms with Gasteiger partial charge in [0.05, 0.1) is 32.3 Å². The van der Waals surface area contributed by atoms with Crippen molar-refractivity contribution < 1.29 is 28.2 Å². The molecule has 2 amide bonds. The smallest absolute Gasteiger partial charge is 0.338 e. The summed E-state index contributed by atoms with van der Waals surface area (Å²) in [4.78, 5) is 53.3. The number of methoxy groups -OCH3 is 2. The number of amides is 2. The van der Waals surface area contributed by atoms with Gasteiger partial charge < -0.3 is 19.7 Å². The average molecular weight is 653 g/mol. The van der Waals surface area contributed by atoms with Gasteiger partial charge in [-0.15, -0.1) is 11.3 Å². The lowest BCUT2D eigenvalue weighted by molar-refractivity contribution is -0.140. The Hall–Kier alpha value is -4.33. The topological polar surface area (TPSA) is 117 Å². The highest BCUT2D eigenvalue weighted by atomic mass is 35.5. The van der Waals surface area contributed by atoms with Crippen LogP contribution in [0.15, 0.2) is 70.3 Å². The van der Waals surface area contributed by atoms with Crippen LogP contribution in [0.2, 0.25) is 5.02 Å². The third-order valence-electron chi connectivity index (χ3n) is 8.07. The quantitative estimate of drug-likeness (QED) is 0.366. The summed E-state index contributed by atoms with van der Waals surface area (Å²) in [6.45, 7) is 2.46. The molecule has 2 fully saturated rings. The number of benzene rings is 2. The molecule has 2 saturated heterocycles. The fourth-order valence-electron chi connectivity index (χ4n) is 5.86. The molecule has 0 bridgehead atoms. The van der Waals surface area contributed by atoms with Gasteiger partial charge in [0.2, 0.25) is 0 Å². The van der Waals surface area contributed by atoms with Gasteiger partial charge in [0, 0.05) is 66.3 Å². The number of aromatic nitrogens is 1. The highest BCUT2D eigenvalue weighted by molar-refractivity contribution is 7.11. The summed E-state index contributed by atoms with van der Waals surface area (Å²) < 4.78 is 23.9. The van der Waals surface area contributed by atoms with E-state index >= 15 is 0 Å². The number of amidine groups is 1. The number of piperazine rings is 1. The Bertz CT molecular complexity index is 1680. The van der Waals surface area contributed by atoms with E-state index in [0.29, 0.717) is 54.8 Å². The first-order valence-corrected chi connectivity index (χ1v) is 15.5. The number of hydrogen-bond acceptors (Lipinski definition) is 10. The number of anilines is 1. The minimum atomic E-state index is -0.854. The molecule has 4 heterocycles. The molecule has 1 N–H and O–H groups in total. The second-order valence-corrected chi connectivity index (χ2v) is 12.1. The van der Waals surface area contributed by atoms with Crippen molar-refractivity contribution >= 4 is 52.4 Å². The van der Waals surface area contributed by atoms with Crippen LogP contribution in [-0.2, 0) is 25.5 Å². The summed E-state index contributed by atoms with van der Waals surface area (Å²) in [5.74, 6) is -0.941. The Morgan fingerprint density at radius 3 is 2.60 bits per heavy atom. The van der Waals surface area contributed by atoms with Gasteiger partial charge >= 0.3 is 18.0 Å². The number of halogens is 2. The van der Waals surface area contributed by atoms with E-state index in [1.807, 2.05) is 34.5 Å². The maximum Gasteiger partial charge on any atom is 0.338 e. The highest BCUT2D eigenvalue weighted by Crippen LogP contribution is 2.37. The Morgan fingerprint density at radius 2 is 1.91 bits per heavy atom. The van der Waals surface area contributed by atoms with E-state index in [1.54, 1.807) is 11.1 Å². The summed E-state index contributed by atoms with van der Waals surface area (Å²) in [6.07, 6.45) is 1.83. The molecule has 3 aromatic rings. The summed E-state index contributed by atoms with van der Waals surface area (Å²) in [5, 5.41) is 5.91. The first-order valence-electron chi connectivity index (χ1n) is 14.2. The molecule has 234 valence electrons. The SMILES string of the molecule is COC(=O)Cc1ccc(N2C[C@@H]3CN(CC4=C(C(=O)OC)C(c5ccc(F)cc5Cl)N=C(c5nccs5)N4)CCN3C2=O)cc1. The lowest BCUT2D eigenvalue weighted by Crippen LogP contribution is -2.53. The largest absolute Gasteiger partial charge is 0.469 e. The summed E-state index contributed by atoms with van der Waals surface area (Å²) in [7, 11) is 2.65. The van der Waals surface area contributed by atoms with Crippen LogP contribution in [-0.4, -0.2) is 91.6 Å². The third kappa shape index (κ3) is 6.28. The van der Waals surface area contributed by atoms with Gasteiger partial charge in [0.1, 0.15) is 11.9 Å². The Kier molecular flexibility index (Phi) is 8.83. The lowest BCUT2D eigenvalue weighted by atomic mass is 9.95. The van der Waals surface area contributed by atoms with Gasteiger partial charge in [-0.2, -0.15) is 0 Å². The predicted octanol–water partition coefficient (Wildman–Crippen LogP) is 3.80. The number of carbonyl (C=O) groups is 3. The monoisotopic (exact) mass is 652 g/mol. The van der Waals surface area contributed by atoms with Crippen molar-refractivity contribution in [3.8, 4) is 0 Å². The van der Waals surface area contributed by atoms with Crippen molar-refractivity contribution in [1.29, 1.82) is 0 Å². The Labute approximate surface area is 267 Å². The predicted molar refractivity (Wildman–Crippen MR) is 167 cm³/mol.